The first-order chi connectivity index (χ1) is 15.6. The van der Waals surface area contributed by atoms with Crippen LogP contribution in [0, 0.1) is 10.1 Å². The van der Waals surface area contributed by atoms with E-state index in [-0.39, 0.29) is 11.4 Å². The Balaban J connectivity index is 1.34. The van der Waals surface area contributed by atoms with Crippen molar-refractivity contribution in [2.75, 3.05) is 5.32 Å². The van der Waals surface area contributed by atoms with Crippen molar-refractivity contribution in [2.24, 2.45) is 0 Å². The Labute approximate surface area is 181 Å². The second kappa shape index (κ2) is 7.80. The van der Waals surface area contributed by atoms with Crippen LogP contribution < -0.4 is 5.32 Å². The molecule has 0 radical (unpaired) electrons. The summed E-state index contributed by atoms with van der Waals surface area (Å²) < 4.78 is 5.64. The molecule has 1 N–H and O–H groups in total. The lowest BCUT2D eigenvalue weighted by Gasteiger charge is -2.02. The second-order valence-electron chi connectivity index (χ2n) is 6.95. The molecule has 2 heterocycles. The van der Waals surface area contributed by atoms with Gasteiger partial charge < -0.3 is 9.73 Å². The Morgan fingerprint density at radius 3 is 2.41 bits per heavy atom. The van der Waals surface area contributed by atoms with Gasteiger partial charge in [-0.1, -0.05) is 18.2 Å². The van der Waals surface area contributed by atoms with Gasteiger partial charge in [-0.05, 0) is 54.6 Å². The van der Waals surface area contributed by atoms with Gasteiger partial charge >= 0.3 is 0 Å². The number of furan rings is 1. The topological polar surface area (TPSA) is 116 Å². The molecule has 156 valence electrons. The third kappa shape index (κ3) is 3.70. The minimum atomic E-state index is -0.472. The van der Waals surface area contributed by atoms with Gasteiger partial charge in [0.05, 0.1) is 10.6 Å². The van der Waals surface area contributed by atoms with Crippen LogP contribution >= 0.6 is 0 Å². The number of fused-ring (bicyclic) bond motifs is 1. The monoisotopic (exact) mass is 425 g/mol. The number of nitro groups is 1. The van der Waals surface area contributed by atoms with E-state index >= 15 is 0 Å². The number of hydrogen-bond acceptors (Lipinski definition) is 6. The number of para-hydroxylation sites is 1. The fourth-order valence-corrected chi connectivity index (χ4v) is 3.22. The zero-order valence-electron chi connectivity index (χ0n) is 16.5. The Morgan fingerprint density at radius 2 is 1.66 bits per heavy atom. The molecule has 0 fully saturated rings. The number of hydrogen-bond donors (Lipinski definition) is 1. The SMILES string of the molecule is O=C(Nc1ccc2nn(-c3ccccc3)nc2c1)c1ccc(-c2ccc([N+](=O)[O-])cc2)o1. The molecule has 0 spiro atoms. The number of rotatable bonds is 5. The number of amides is 1. The highest BCUT2D eigenvalue weighted by Gasteiger charge is 2.14. The van der Waals surface area contributed by atoms with Gasteiger partial charge in [0.2, 0.25) is 0 Å². The number of nitrogens with one attached hydrogen (secondary N) is 1. The number of carbonyl (C=O) groups excluding carboxylic acids is 1. The molecule has 0 saturated carbocycles. The van der Waals surface area contributed by atoms with Gasteiger partial charge in [-0.3, -0.25) is 14.9 Å². The van der Waals surface area contributed by atoms with E-state index in [0.717, 1.165) is 5.69 Å². The molecule has 0 aliphatic carbocycles. The lowest BCUT2D eigenvalue weighted by Crippen LogP contribution is -2.10. The third-order valence-electron chi connectivity index (χ3n) is 4.82. The Kier molecular flexibility index (Phi) is 4.68. The van der Waals surface area contributed by atoms with Crippen molar-refractivity contribution in [1.29, 1.82) is 0 Å². The van der Waals surface area contributed by atoms with Crippen LogP contribution in [0.4, 0.5) is 11.4 Å². The van der Waals surface area contributed by atoms with Crippen molar-refractivity contribution >= 4 is 28.3 Å². The molecule has 2 aromatic heterocycles. The summed E-state index contributed by atoms with van der Waals surface area (Å²) in [4.78, 5) is 24.5. The van der Waals surface area contributed by atoms with E-state index in [1.807, 2.05) is 30.3 Å². The van der Waals surface area contributed by atoms with Crippen LogP contribution in [0.2, 0.25) is 0 Å². The molecular weight excluding hydrogens is 410 g/mol. The predicted octanol–water partition coefficient (Wildman–Crippen LogP) is 4.84. The number of benzene rings is 3. The third-order valence-corrected chi connectivity index (χ3v) is 4.82. The summed E-state index contributed by atoms with van der Waals surface area (Å²) in [5, 5.41) is 22.5. The summed E-state index contributed by atoms with van der Waals surface area (Å²) >= 11 is 0. The van der Waals surface area contributed by atoms with Crippen LogP contribution in [0.1, 0.15) is 10.6 Å². The first-order valence-corrected chi connectivity index (χ1v) is 9.65. The average molecular weight is 425 g/mol. The number of anilines is 1. The highest BCUT2D eigenvalue weighted by Crippen LogP contribution is 2.25. The highest BCUT2D eigenvalue weighted by molar-refractivity contribution is 6.03. The van der Waals surface area contributed by atoms with E-state index in [9.17, 15) is 14.9 Å². The molecule has 0 aliphatic heterocycles. The first-order valence-electron chi connectivity index (χ1n) is 9.65. The van der Waals surface area contributed by atoms with Gasteiger partial charge in [-0.2, -0.15) is 4.80 Å². The maximum absolute atomic E-state index is 12.6. The normalized spacial score (nSPS) is 10.9. The van der Waals surface area contributed by atoms with Gasteiger partial charge in [-0.25, -0.2) is 0 Å². The van der Waals surface area contributed by atoms with Crippen LogP contribution in [-0.4, -0.2) is 25.8 Å². The van der Waals surface area contributed by atoms with Crippen molar-refractivity contribution in [3.05, 3.63) is 101 Å². The quantitative estimate of drug-likeness (QED) is 0.318. The highest BCUT2D eigenvalue weighted by atomic mass is 16.6. The summed E-state index contributed by atoms with van der Waals surface area (Å²) in [6.45, 7) is 0. The maximum atomic E-state index is 12.6. The van der Waals surface area contributed by atoms with Gasteiger partial charge in [-0.15, -0.1) is 10.2 Å². The molecule has 0 bridgehead atoms. The largest absolute Gasteiger partial charge is 0.451 e. The molecule has 0 unspecified atom stereocenters. The number of nitro benzene ring substituents is 1. The number of carbonyl (C=O) groups is 1. The smallest absolute Gasteiger partial charge is 0.291 e. The zero-order chi connectivity index (χ0) is 22.1. The average Bonchev–Trinajstić information content (AvgIpc) is 3.47. The lowest BCUT2D eigenvalue weighted by molar-refractivity contribution is -0.384. The fourth-order valence-electron chi connectivity index (χ4n) is 3.22. The van der Waals surface area contributed by atoms with Crippen molar-refractivity contribution in [3.8, 4) is 17.0 Å². The van der Waals surface area contributed by atoms with Crippen LogP contribution in [0.15, 0.2) is 89.3 Å². The van der Waals surface area contributed by atoms with Crippen molar-refractivity contribution in [1.82, 2.24) is 15.0 Å². The molecule has 9 nitrogen and oxygen atoms in total. The molecule has 3 aromatic carbocycles. The standard InChI is InChI=1S/C23H15N5O4/c29-23(22-13-12-21(32-22)15-6-9-18(10-7-15)28(30)31)24-16-8-11-19-20(14-16)26-27(25-19)17-4-2-1-3-5-17/h1-14H,(H,24,29). The van der Waals surface area contributed by atoms with Crippen LogP contribution in [0.3, 0.4) is 0 Å². The van der Waals surface area contributed by atoms with Gasteiger partial charge in [0.25, 0.3) is 11.6 Å². The summed E-state index contributed by atoms with van der Waals surface area (Å²) in [7, 11) is 0. The molecule has 0 saturated heterocycles. The van der Waals surface area contributed by atoms with Crippen LogP contribution in [0.5, 0.6) is 0 Å². The van der Waals surface area contributed by atoms with E-state index < -0.39 is 10.8 Å². The van der Waals surface area contributed by atoms with E-state index in [4.69, 9.17) is 4.42 Å². The first kappa shape index (κ1) is 19.2. The predicted molar refractivity (Wildman–Crippen MR) is 118 cm³/mol. The van der Waals surface area contributed by atoms with Gasteiger partial charge in [0.1, 0.15) is 16.8 Å². The summed E-state index contributed by atoms with van der Waals surface area (Å²) in [6.07, 6.45) is 0. The Hall–Kier alpha value is -4.79. The fraction of sp³-hybridized carbons (Fsp3) is 0. The van der Waals surface area contributed by atoms with Crippen molar-refractivity contribution < 1.29 is 14.1 Å². The number of nitrogens with zero attached hydrogens (tertiary/aromatic N) is 4. The Bertz CT molecular complexity index is 1440. The van der Waals surface area contributed by atoms with Crippen molar-refractivity contribution in [3.63, 3.8) is 0 Å². The second-order valence-corrected chi connectivity index (χ2v) is 6.95. The van der Waals surface area contributed by atoms with Gasteiger partial charge in [0, 0.05) is 23.4 Å². The van der Waals surface area contributed by atoms with Gasteiger partial charge in [0.15, 0.2) is 5.76 Å². The Morgan fingerprint density at radius 1 is 0.906 bits per heavy atom. The van der Waals surface area contributed by atoms with Crippen LogP contribution in [0.25, 0.3) is 28.0 Å². The summed E-state index contributed by atoms with van der Waals surface area (Å²) in [5.41, 5.74) is 3.34. The lowest BCUT2D eigenvalue weighted by atomic mass is 10.1. The van der Waals surface area contributed by atoms with Crippen molar-refractivity contribution in [2.45, 2.75) is 0 Å². The molecular formula is C23H15N5O4. The summed E-state index contributed by atoms with van der Waals surface area (Å²) in [5.74, 6) is 0.130. The number of non-ortho nitro benzene ring substituents is 1. The summed E-state index contributed by atoms with van der Waals surface area (Å²) in [6, 6.07) is 23.9. The minimum absolute atomic E-state index is 0.0159. The minimum Gasteiger partial charge on any atom is -0.451 e. The maximum Gasteiger partial charge on any atom is 0.291 e. The molecule has 32 heavy (non-hydrogen) atoms. The van der Waals surface area contributed by atoms with E-state index in [1.54, 1.807) is 47.3 Å². The van der Waals surface area contributed by atoms with Crippen LogP contribution in [-0.2, 0) is 0 Å². The molecule has 0 atom stereocenters. The molecule has 9 heteroatoms. The zero-order valence-corrected chi connectivity index (χ0v) is 16.5. The van der Waals surface area contributed by atoms with E-state index in [2.05, 4.69) is 15.5 Å². The molecule has 0 aliphatic rings. The van der Waals surface area contributed by atoms with E-state index in [0.29, 0.717) is 28.0 Å². The number of aromatic nitrogens is 3. The molecule has 5 rings (SSSR count). The molecule has 5 aromatic rings. The van der Waals surface area contributed by atoms with E-state index in [1.165, 1.54) is 12.1 Å². The molecule has 1 amide bonds.